The van der Waals surface area contributed by atoms with Crippen molar-refractivity contribution >= 4 is 12.2 Å². The first-order valence-electron chi connectivity index (χ1n) is 8.85. The van der Waals surface area contributed by atoms with Crippen LogP contribution < -0.4 is 4.74 Å². The summed E-state index contributed by atoms with van der Waals surface area (Å²) in [6, 6.07) is 19.0. The minimum Gasteiger partial charge on any atom is -0.497 e. The smallest absolute Gasteiger partial charge is 0.217 e. The summed E-state index contributed by atoms with van der Waals surface area (Å²) in [4.78, 5) is 6.99. The van der Waals surface area contributed by atoms with Crippen LogP contribution in [0, 0.1) is 4.77 Å². The van der Waals surface area contributed by atoms with Crippen LogP contribution in [0.15, 0.2) is 54.6 Å². The molecule has 1 saturated heterocycles. The molecule has 0 unspecified atom stereocenters. The highest BCUT2D eigenvalue weighted by atomic mass is 32.1. The molecule has 2 heterocycles. The van der Waals surface area contributed by atoms with Crippen molar-refractivity contribution in [2.24, 2.45) is 0 Å². The molecule has 1 fully saturated rings. The number of aromatic nitrogens is 3. The molecule has 4 rings (SSSR count). The van der Waals surface area contributed by atoms with Crippen LogP contribution in [0.3, 0.4) is 0 Å². The second-order valence-corrected chi connectivity index (χ2v) is 6.90. The van der Waals surface area contributed by atoms with Gasteiger partial charge in [0.1, 0.15) is 5.75 Å². The highest BCUT2D eigenvalue weighted by Crippen LogP contribution is 2.32. The second-order valence-electron chi connectivity index (χ2n) is 6.53. The van der Waals surface area contributed by atoms with Crippen LogP contribution in [0.5, 0.6) is 5.75 Å². The van der Waals surface area contributed by atoms with Crippen LogP contribution in [0.4, 0.5) is 0 Å². The van der Waals surface area contributed by atoms with E-state index in [1.165, 1.54) is 18.4 Å². The molecular formula is C20H22N4OS. The number of benzene rings is 2. The van der Waals surface area contributed by atoms with Crippen molar-refractivity contribution in [3.05, 3.63) is 64.9 Å². The summed E-state index contributed by atoms with van der Waals surface area (Å²) in [5.41, 5.74) is 2.36. The Bertz CT molecular complexity index is 917. The van der Waals surface area contributed by atoms with E-state index in [0.717, 1.165) is 30.4 Å². The number of aromatic amines is 1. The third-order valence-electron chi connectivity index (χ3n) is 4.91. The van der Waals surface area contributed by atoms with Crippen molar-refractivity contribution in [3.63, 3.8) is 0 Å². The Morgan fingerprint density at radius 2 is 1.92 bits per heavy atom. The van der Waals surface area contributed by atoms with Crippen LogP contribution in [0.1, 0.15) is 24.4 Å². The fourth-order valence-electron chi connectivity index (χ4n) is 3.56. The fraction of sp³-hybridized carbons (Fsp3) is 0.300. The van der Waals surface area contributed by atoms with Crippen LogP contribution in [0.2, 0.25) is 0 Å². The Balaban J connectivity index is 1.55. The highest BCUT2D eigenvalue weighted by molar-refractivity contribution is 7.71. The van der Waals surface area contributed by atoms with E-state index in [0.29, 0.717) is 10.8 Å². The van der Waals surface area contributed by atoms with Gasteiger partial charge in [-0.15, -0.1) is 0 Å². The van der Waals surface area contributed by atoms with E-state index in [1.54, 1.807) is 7.11 Å². The molecule has 0 saturated carbocycles. The minimum absolute atomic E-state index is 0.436. The number of hydrogen-bond donors (Lipinski definition) is 1. The van der Waals surface area contributed by atoms with Crippen LogP contribution in [-0.2, 0) is 6.67 Å². The van der Waals surface area contributed by atoms with E-state index in [2.05, 4.69) is 45.3 Å². The Morgan fingerprint density at radius 1 is 1.15 bits per heavy atom. The van der Waals surface area contributed by atoms with Gasteiger partial charge in [-0.25, -0.2) is 4.68 Å². The Hall–Kier alpha value is -2.44. The van der Waals surface area contributed by atoms with E-state index in [4.69, 9.17) is 17.0 Å². The van der Waals surface area contributed by atoms with Crippen molar-refractivity contribution < 1.29 is 4.74 Å². The molecule has 0 amide bonds. The summed E-state index contributed by atoms with van der Waals surface area (Å²) in [6.45, 7) is 1.79. The van der Waals surface area contributed by atoms with E-state index < -0.39 is 0 Å². The van der Waals surface area contributed by atoms with Gasteiger partial charge in [0.15, 0.2) is 5.82 Å². The Labute approximate surface area is 158 Å². The quantitative estimate of drug-likeness (QED) is 0.680. The average Bonchev–Trinajstić information content (AvgIpc) is 3.30. The number of likely N-dealkylation sites (tertiary alicyclic amines) is 1. The lowest BCUT2D eigenvalue weighted by Crippen LogP contribution is -2.26. The van der Waals surface area contributed by atoms with Gasteiger partial charge in [0.05, 0.1) is 13.8 Å². The fourth-order valence-corrected chi connectivity index (χ4v) is 3.75. The van der Waals surface area contributed by atoms with Crippen LogP contribution in [-0.4, -0.2) is 33.3 Å². The van der Waals surface area contributed by atoms with Crippen molar-refractivity contribution in [1.29, 1.82) is 0 Å². The van der Waals surface area contributed by atoms with Crippen molar-refractivity contribution in [2.75, 3.05) is 13.7 Å². The SMILES string of the molecule is COc1ccc(-c2nc(=S)n(CN3CCC[C@H]3c3ccccc3)[nH]2)cc1. The molecule has 0 radical (unpaired) electrons. The topological polar surface area (TPSA) is 46.1 Å². The number of nitrogens with zero attached hydrogens (tertiary/aromatic N) is 3. The third kappa shape index (κ3) is 3.43. The molecule has 26 heavy (non-hydrogen) atoms. The van der Waals surface area contributed by atoms with Crippen LogP contribution in [0.25, 0.3) is 11.4 Å². The molecule has 1 N–H and O–H groups in total. The van der Waals surface area contributed by atoms with E-state index >= 15 is 0 Å². The first kappa shape index (κ1) is 17.0. The number of H-pyrrole nitrogens is 1. The summed E-state index contributed by atoms with van der Waals surface area (Å²) in [6.07, 6.45) is 2.38. The number of rotatable bonds is 5. The lowest BCUT2D eigenvalue weighted by Gasteiger charge is -2.24. The number of methoxy groups -OCH3 is 1. The first-order valence-corrected chi connectivity index (χ1v) is 9.26. The van der Waals surface area contributed by atoms with Crippen molar-refractivity contribution in [1.82, 2.24) is 19.7 Å². The zero-order valence-corrected chi connectivity index (χ0v) is 15.6. The predicted octanol–water partition coefficient (Wildman–Crippen LogP) is 4.41. The Morgan fingerprint density at radius 3 is 2.65 bits per heavy atom. The van der Waals surface area contributed by atoms with Crippen molar-refractivity contribution in [2.45, 2.75) is 25.6 Å². The van der Waals surface area contributed by atoms with Gasteiger partial charge in [0, 0.05) is 18.2 Å². The van der Waals surface area contributed by atoms with Gasteiger partial charge in [-0.2, -0.15) is 4.98 Å². The number of ether oxygens (including phenoxy) is 1. The standard InChI is InChI=1S/C20H22N4OS/c1-25-17-11-9-16(10-12-17)19-21-20(26)24(22-19)14-23-13-5-8-18(23)15-6-3-2-4-7-15/h2-4,6-7,9-12,18H,5,8,13-14H2,1H3,(H,21,22,26)/t18-/m0/s1. The molecule has 1 aromatic heterocycles. The maximum atomic E-state index is 5.48. The molecule has 0 bridgehead atoms. The molecule has 1 aliphatic rings. The van der Waals surface area contributed by atoms with Gasteiger partial charge in [0.2, 0.25) is 4.77 Å². The summed E-state index contributed by atoms with van der Waals surface area (Å²) in [5, 5.41) is 3.35. The summed E-state index contributed by atoms with van der Waals surface area (Å²) in [5.74, 6) is 1.61. The summed E-state index contributed by atoms with van der Waals surface area (Å²) in [7, 11) is 1.66. The molecule has 0 aliphatic carbocycles. The average molecular weight is 366 g/mol. The lowest BCUT2D eigenvalue weighted by molar-refractivity contribution is 0.190. The van der Waals surface area contributed by atoms with Gasteiger partial charge in [0.25, 0.3) is 0 Å². The molecular weight excluding hydrogens is 344 g/mol. The normalized spacial score (nSPS) is 17.5. The summed E-state index contributed by atoms with van der Waals surface area (Å²) >= 11 is 5.48. The first-order chi connectivity index (χ1) is 12.7. The predicted molar refractivity (Wildman–Crippen MR) is 105 cm³/mol. The molecule has 3 aromatic rings. The number of nitrogens with one attached hydrogen (secondary N) is 1. The molecule has 6 heteroatoms. The van der Waals surface area contributed by atoms with Crippen LogP contribution >= 0.6 is 12.2 Å². The molecule has 1 aliphatic heterocycles. The minimum atomic E-state index is 0.436. The van der Waals surface area contributed by atoms with E-state index in [9.17, 15) is 0 Å². The largest absolute Gasteiger partial charge is 0.497 e. The number of hydrogen-bond acceptors (Lipinski definition) is 4. The lowest BCUT2D eigenvalue weighted by atomic mass is 10.1. The monoisotopic (exact) mass is 366 g/mol. The van der Waals surface area contributed by atoms with Gasteiger partial charge >= 0.3 is 0 Å². The molecule has 134 valence electrons. The second kappa shape index (κ2) is 7.43. The van der Waals surface area contributed by atoms with Gasteiger partial charge in [-0.3, -0.25) is 10.00 Å². The maximum absolute atomic E-state index is 5.48. The molecule has 0 spiro atoms. The zero-order valence-electron chi connectivity index (χ0n) is 14.8. The van der Waals surface area contributed by atoms with E-state index in [-0.39, 0.29) is 0 Å². The Kier molecular flexibility index (Phi) is 4.86. The highest BCUT2D eigenvalue weighted by Gasteiger charge is 2.26. The van der Waals surface area contributed by atoms with Crippen molar-refractivity contribution in [3.8, 4) is 17.1 Å². The van der Waals surface area contributed by atoms with Gasteiger partial charge < -0.3 is 4.74 Å². The molecule has 5 nitrogen and oxygen atoms in total. The third-order valence-corrected chi connectivity index (χ3v) is 5.23. The van der Waals surface area contributed by atoms with Gasteiger partial charge in [-0.1, -0.05) is 30.3 Å². The zero-order chi connectivity index (χ0) is 17.9. The van der Waals surface area contributed by atoms with Gasteiger partial charge in [-0.05, 0) is 54.9 Å². The maximum Gasteiger partial charge on any atom is 0.217 e. The van der Waals surface area contributed by atoms with E-state index in [1.807, 2.05) is 28.9 Å². The molecule has 2 aromatic carbocycles. The molecule has 1 atom stereocenters. The summed E-state index contributed by atoms with van der Waals surface area (Å²) < 4.78 is 7.75.